The van der Waals surface area contributed by atoms with Crippen LogP contribution in [-0.4, -0.2) is 30.9 Å². The van der Waals surface area contributed by atoms with Gasteiger partial charge in [0.1, 0.15) is 0 Å². The molecule has 1 saturated heterocycles. The molecule has 1 N–H and O–H groups in total. The van der Waals surface area contributed by atoms with E-state index in [1.165, 1.54) is 16.7 Å². The maximum absolute atomic E-state index is 12.5. The Morgan fingerprint density at radius 3 is 2.57 bits per heavy atom. The van der Waals surface area contributed by atoms with Gasteiger partial charge in [-0.15, -0.1) is 0 Å². The molecule has 3 heteroatoms. The summed E-state index contributed by atoms with van der Waals surface area (Å²) in [6, 6.07) is 6.62. The van der Waals surface area contributed by atoms with Gasteiger partial charge in [-0.2, -0.15) is 0 Å². The lowest BCUT2D eigenvalue weighted by Crippen LogP contribution is -2.40. The van der Waals surface area contributed by atoms with Crippen molar-refractivity contribution in [3.05, 3.63) is 34.9 Å². The monoisotopic (exact) mass is 288 g/mol. The molecule has 1 aliphatic heterocycles. The van der Waals surface area contributed by atoms with Crippen molar-refractivity contribution in [3.63, 3.8) is 0 Å². The second kappa shape index (κ2) is 7.08. The third-order valence-corrected chi connectivity index (χ3v) is 4.61. The first-order valence-corrected chi connectivity index (χ1v) is 8.07. The van der Waals surface area contributed by atoms with E-state index < -0.39 is 0 Å². The Bertz CT molecular complexity index is 490. The van der Waals surface area contributed by atoms with Crippen LogP contribution < -0.4 is 5.32 Å². The molecule has 1 aliphatic rings. The molecule has 1 amide bonds. The second-order valence-electron chi connectivity index (χ2n) is 6.41. The molecule has 1 aromatic rings. The number of hydrogen-bond donors (Lipinski definition) is 1. The predicted molar refractivity (Wildman–Crippen MR) is 87.3 cm³/mol. The third kappa shape index (κ3) is 4.07. The molecule has 0 bridgehead atoms. The fraction of sp³-hybridized carbons (Fsp3) is 0.611. The first kappa shape index (κ1) is 16.0. The number of nitrogens with one attached hydrogen (secondary N) is 1. The molecule has 3 nitrogen and oxygen atoms in total. The highest BCUT2D eigenvalue weighted by atomic mass is 16.1. The van der Waals surface area contributed by atoms with Gasteiger partial charge in [0.15, 0.2) is 0 Å². The van der Waals surface area contributed by atoms with Gasteiger partial charge in [0.25, 0.3) is 0 Å². The van der Waals surface area contributed by atoms with Crippen molar-refractivity contribution >= 4 is 5.91 Å². The highest BCUT2D eigenvalue weighted by Crippen LogP contribution is 2.23. The lowest BCUT2D eigenvalue weighted by atomic mass is 9.93. The predicted octanol–water partition coefficient (Wildman–Crippen LogP) is 3.21. The van der Waals surface area contributed by atoms with Crippen molar-refractivity contribution in [2.24, 2.45) is 5.92 Å². The van der Waals surface area contributed by atoms with Crippen molar-refractivity contribution in [2.45, 2.75) is 46.1 Å². The van der Waals surface area contributed by atoms with Crippen LogP contribution >= 0.6 is 0 Å². The topological polar surface area (TPSA) is 32.3 Å². The Labute approximate surface area is 128 Å². The van der Waals surface area contributed by atoms with Crippen LogP contribution in [0.4, 0.5) is 0 Å². The minimum atomic E-state index is 0.137. The molecular formula is C18H28N2O. The molecule has 0 aliphatic carbocycles. The normalized spacial score (nSPS) is 18.5. The zero-order valence-corrected chi connectivity index (χ0v) is 13.8. The highest BCUT2D eigenvalue weighted by Gasteiger charge is 2.25. The van der Waals surface area contributed by atoms with Crippen LogP contribution in [0.5, 0.6) is 0 Å². The van der Waals surface area contributed by atoms with E-state index in [1.54, 1.807) is 0 Å². The van der Waals surface area contributed by atoms with Gasteiger partial charge in [0, 0.05) is 5.92 Å². The summed E-state index contributed by atoms with van der Waals surface area (Å²) in [7, 11) is 2.12. The molecule has 0 radical (unpaired) electrons. The van der Waals surface area contributed by atoms with Crippen LogP contribution in [0.3, 0.4) is 0 Å². The molecule has 1 heterocycles. The highest BCUT2D eigenvalue weighted by molar-refractivity contribution is 5.79. The van der Waals surface area contributed by atoms with Crippen LogP contribution in [0, 0.1) is 19.8 Å². The Morgan fingerprint density at radius 1 is 1.33 bits per heavy atom. The molecule has 1 unspecified atom stereocenters. The first-order valence-electron chi connectivity index (χ1n) is 8.07. The summed E-state index contributed by atoms with van der Waals surface area (Å²) in [4.78, 5) is 14.8. The second-order valence-corrected chi connectivity index (χ2v) is 6.41. The summed E-state index contributed by atoms with van der Waals surface area (Å²) >= 11 is 0. The van der Waals surface area contributed by atoms with E-state index >= 15 is 0 Å². The van der Waals surface area contributed by atoms with Crippen LogP contribution in [0.25, 0.3) is 0 Å². The third-order valence-electron chi connectivity index (χ3n) is 4.61. The van der Waals surface area contributed by atoms with Gasteiger partial charge in [-0.25, -0.2) is 0 Å². The van der Waals surface area contributed by atoms with Crippen LogP contribution in [0.1, 0.15) is 48.9 Å². The lowest BCUT2D eigenvalue weighted by Gasteiger charge is -2.30. The molecule has 0 spiro atoms. The van der Waals surface area contributed by atoms with E-state index in [9.17, 15) is 4.79 Å². The number of carbonyl (C=O) groups excluding carboxylic acids is 1. The molecule has 1 aromatic carbocycles. The fourth-order valence-corrected chi connectivity index (χ4v) is 3.18. The van der Waals surface area contributed by atoms with Gasteiger partial charge in [-0.05, 0) is 64.4 Å². The molecule has 21 heavy (non-hydrogen) atoms. The number of nitrogens with zero attached hydrogens (tertiary/aromatic N) is 1. The van der Waals surface area contributed by atoms with E-state index in [4.69, 9.17) is 0 Å². The quantitative estimate of drug-likeness (QED) is 0.922. The Balaban J connectivity index is 2.03. The van der Waals surface area contributed by atoms with Crippen LogP contribution in [0.15, 0.2) is 18.2 Å². The Hall–Kier alpha value is -1.35. The van der Waals surface area contributed by atoms with Gasteiger partial charge in [0.2, 0.25) is 5.91 Å². The van der Waals surface area contributed by atoms with Crippen molar-refractivity contribution in [3.8, 4) is 0 Å². The van der Waals surface area contributed by atoms with E-state index in [0.717, 1.165) is 32.4 Å². The zero-order valence-electron chi connectivity index (χ0n) is 13.8. The van der Waals surface area contributed by atoms with E-state index in [-0.39, 0.29) is 17.9 Å². The number of hydrogen-bond acceptors (Lipinski definition) is 2. The summed E-state index contributed by atoms with van der Waals surface area (Å²) in [6.07, 6.45) is 2.89. The van der Waals surface area contributed by atoms with Crippen molar-refractivity contribution in [1.29, 1.82) is 0 Å². The smallest absolute Gasteiger partial charge is 0.223 e. The van der Waals surface area contributed by atoms with Crippen molar-refractivity contribution in [1.82, 2.24) is 10.2 Å². The molecule has 1 fully saturated rings. The number of rotatable bonds is 4. The average molecular weight is 288 g/mol. The van der Waals surface area contributed by atoms with Gasteiger partial charge in [-0.1, -0.05) is 30.7 Å². The number of aryl methyl sites for hydroxylation is 2. The minimum Gasteiger partial charge on any atom is -0.349 e. The number of amides is 1. The summed E-state index contributed by atoms with van der Waals surface area (Å²) in [6.45, 7) is 8.43. The number of carbonyl (C=O) groups is 1. The van der Waals surface area contributed by atoms with Gasteiger partial charge in [0.05, 0.1) is 6.04 Å². The van der Waals surface area contributed by atoms with E-state index in [0.29, 0.717) is 0 Å². The fourth-order valence-electron chi connectivity index (χ4n) is 3.18. The summed E-state index contributed by atoms with van der Waals surface area (Å²) in [5.74, 6) is 0.413. The summed E-state index contributed by atoms with van der Waals surface area (Å²) in [5, 5.41) is 3.27. The molecular weight excluding hydrogens is 260 g/mol. The average Bonchev–Trinajstić information content (AvgIpc) is 2.46. The van der Waals surface area contributed by atoms with E-state index in [1.807, 2.05) is 0 Å². The van der Waals surface area contributed by atoms with Crippen LogP contribution in [-0.2, 0) is 4.79 Å². The lowest BCUT2D eigenvalue weighted by molar-refractivity contribution is -0.127. The number of likely N-dealkylation sites (tertiary alicyclic amines) is 1. The number of piperidine rings is 1. The standard InChI is InChI=1S/C18H28N2O/c1-5-17(16-7-6-13(2)12-14(16)3)19-18(21)15-8-10-20(4)11-9-15/h6-7,12,15,17H,5,8-11H2,1-4H3,(H,19,21). The molecule has 116 valence electrons. The maximum Gasteiger partial charge on any atom is 0.223 e. The molecule has 0 aromatic heterocycles. The Kier molecular flexibility index (Phi) is 5.40. The van der Waals surface area contributed by atoms with Gasteiger partial charge in [-0.3, -0.25) is 4.79 Å². The molecule has 0 saturated carbocycles. The number of benzene rings is 1. The van der Waals surface area contributed by atoms with Crippen molar-refractivity contribution in [2.75, 3.05) is 20.1 Å². The van der Waals surface area contributed by atoms with Crippen molar-refractivity contribution < 1.29 is 4.79 Å². The minimum absolute atomic E-state index is 0.137. The largest absolute Gasteiger partial charge is 0.349 e. The Morgan fingerprint density at radius 2 is 2.00 bits per heavy atom. The molecule has 1 atom stereocenters. The summed E-state index contributed by atoms with van der Waals surface area (Å²) < 4.78 is 0. The zero-order chi connectivity index (χ0) is 15.4. The van der Waals surface area contributed by atoms with Crippen LogP contribution in [0.2, 0.25) is 0 Å². The summed E-state index contributed by atoms with van der Waals surface area (Å²) in [5.41, 5.74) is 3.79. The van der Waals surface area contributed by atoms with E-state index in [2.05, 4.69) is 56.2 Å². The van der Waals surface area contributed by atoms with Gasteiger partial charge < -0.3 is 10.2 Å². The maximum atomic E-state index is 12.5. The van der Waals surface area contributed by atoms with Gasteiger partial charge >= 0.3 is 0 Å². The first-order chi connectivity index (χ1) is 10.0. The SMILES string of the molecule is CCC(NC(=O)C1CCN(C)CC1)c1ccc(C)cc1C. The molecule has 2 rings (SSSR count).